The molecule has 0 radical (unpaired) electrons. The summed E-state index contributed by atoms with van der Waals surface area (Å²) in [5.74, 6) is 1.25. The fourth-order valence-electron chi connectivity index (χ4n) is 6.50. The van der Waals surface area contributed by atoms with Crippen LogP contribution < -0.4 is 4.74 Å². The number of alkyl halides is 2. The zero-order chi connectivity index (χ0) is 24.8. The van der Waals surface area contributed by atoms with Crippen molar-refractivity contribution in [2.45, 2.75) is 96.5 Å². The smallest absolute Gasteiger partial charge is 0.387 e. The highest BCUT2D eigenvalue weighted by atomic mass is 19.3. The summed E-state index contributed by atoms with van der Waals surface area (Å²) in [5.41, 5.74) is 0.938. The zero-order valence-corrected chi connectivity index (χ0v) is 20.8. The van der Waals surface area contributed by atoms with Gasteiger partial charge in [0.25, 0.3) is 0 Å². The van der Waals surface area contributed by atoms with E-state index in [1.165, 1.54) is 94.2 Å². The van der Waals surface area contributed by atoms with Gasteiger partial charge in [-0.3, -0.25) is 0 Å². The SMILES string of the molecule is CCCCCCCC1CC[C@@H]2C[C@H](c3cc(F)c(-c4ccc(OC(F)F)cc4)c(F)c3)CC[C@@H]2C1. The Hall–Kier alpha value is -2.04. The fourth-order valence-corrected chi connectivity index (χ4v) is 6.50. The Labute approximate surface area is 207 Å². The highest BCUT2D eigenvalue weighted by Gasteiger charge is 2.36. The highest BCUT2D eigenvalue weighted by molar-refractivity contribution is 5.66. The molecule has 2 aromatic carbocycles. The second-order valence-electron chi connectivity index (χ2n) is 10.7. The highest BCUT2D eigenvalue weighted by Crippen LogP contribution is 2.49. The van der Waals surface area contributed by atoms with Crippen molar-refractivity contribution in [3.8, 4) is 16.9 Å². The van der Waals surface area contributed by atoms with Gasteiger partial charge in [0.15, 0.2) is 0 Å². The van der Waals surface area contributed by atoms with Crippen LogP contribution in [0.15, 0.2) is 36.4 Å². The Morgan fingerprint density at radius 3 is 2.17 bits per heavy atom. The van der Waals surface area contributed by atoms with E-state index in [4.69, 9.17) is 0 Å². The summed E-state index contributed by atoms with van der Waals surface area (Å²) in [6.07, 6.45) is 15.1. The molecule has 0 aromatic heterocycles. The van der Waals surface area contributed by atoms with Crippen molar-refractivity contribution in [3.05, 3.63) is 53.6 Å². The second kappa shape index (κ2) is 12.3. The summed E-state index contributed by atoms with van der Waals surface area (Å²) in [6.45, 7) is -0.682. The molecule has 5 heteroatoms. The van der Waals surface area contributed by atoms with Crippen molar-refractivity contribution >= 4 is 0 Å². The zero-order valence-electron chi connectivity index (χ0n) is 20.8. The van der Waals surface area contributed by atoms with Crippen LogP contribution in [0.3, 0.4) is 0 Å². The van der Waals surface area contributed by atoms with Gasteiger partial charge in [0.2, 0.25) is 0 Å². The van der Waals surface area contributed by atoms with E-state index in [-0.39, 0.29) is 17.2 Å². The van der Waals surface area contributed by atoms with Crippen LogP contribution >= 0.6 is 0 Å². The number of ether oxygens (including phenoxy) is 1. The average Bonchev–Trinajstić information content (AvgIpc) is 2.84. The largest absolute Gasteiger partial charge is 0.435 e. The third kappa shape index (κ3) is 6.80. The number of hydrogen-bond acceptors (Lipinski definition) is 1. The summed E-state index contributed by atoms with van der Waals surface area (Å²) in [4.78, 5) is 0. The molecule has 0 saturated heterocycles. The van der Waals surface area contributed by atoms with Crippen LogP contribution in [0, 0.1) is 29.4 Å². The minimum Gasteiger partial charge on any atom is -0.435 e. The molecule has 4 rings (SSSR count). The normalized spacial score (nSPS) is 24.4. The minimum absolute atomic E-state index is 0.0378. The molecule has 1 unspecified atom stereocenters. The number of rotatable bonds is 10. The first kappa shape index (κ1) is 26.0. The van der Waals surface area contributed by atoms with Crippen LogP contribution in [0.25, 0.3) is 11.1 Å². The number of halogens is 4. The average molecular weight is 491 g/mol. The quantitative estimate of drug-likeness (QED) is 0.238. The maximum atomic E-state index is 15.1. The Bertz CT molecular complexity index is 919. The molecule has 0 bridgehead atoms. The van der Waals surface area contributed by atoms with Gasteiger partial charge in [-0.1, -0.05) is 64.0 Å². The number of fused-ring (bicyclic) bond motifs is 1. The molecular formula is C30H38F4O. The number of benzene rings is 2. The van der Waals surface area contributed by atoms with Gasteiger partial charge in [-0.15, -0.1) is 0 Å². The van der Waals surface area contributed by atoms with Gasteiger partial charge in [-0.05, 0) is 91.2 Å². The van der Waals surface area contributed by atoms with Crippen LogP contribution in [0.5, 0.6) is 5.75 Å². The Morgan fingerprint density at radius 2 is 1.49 bits per heavy atom. The van der Waals surface area contributed by atoms with Crippen molar-refractivity contribution in [1.82, 2.24) is 0 Å². The lowest BCUT2D eigenvalue weighted by molar-refractivity contribution is -0.0498. The van der Waals surface area contributed by atoms with Crippen molar-refractivity contribution < 1.29 is 22.3 Å². The summed E-state index contributed by atoms with van der Waals surface area (Å²) in [7, 11) is 0. The van der Waals surface area contributed by atoms with Gasteiger partial charge < -0.3 is 4.74 Å². The van der Waals surface area contributed by atoms with E-state index in [9.17, 15) is 8.78 Å². The van der Waals surface area contributed by atoms with E-state index in [0.29, 0.717) is 11.5 Å². The Kier molecular flexibility index (Phi) is 9.13. The molecule has 2 fully saturated rings. The predicted octanol–water partition coefficient (Wildman–Crippen LogP) is 9.89. The van der Waals surface area contributed by atoms with E-state index in [1.54, 1.807) is 0 Å². The molecular weight excluding hydrogens is 452 g/mol. The molecule has 35 heavy (non-hydrogen) atoms. The molecule has 2 aliphatic carbocycles. The lowest BCUT2D eigenvalue weighted by Crippen LogP contribution is -2.30. The topological polar surface area (TPSA) is 9.23 Å². The van der Waals surface area contributed by atoms with Gasteiger partial charge >= 0.3 is 6.61 Å². The molecule has 2 aromatic rings. The Balaban J connectivity index is 1.35. The van der Waals surface area contributed by atoms with Gasteiger partial charge in [0.1, 0.15) is 17.4 Å². The molecule has 1 nitrogen and oxygen atoms in total. The molecule has 4 atom stereocenters. The molecule has 0 spiro atoms. The predicted molar refractivity (Wildman–Crippen MR) is 133 cm³/mol. The van der Waals surface area contributed by atoms with Crippen molar-refractivity contribution in [2.75, 3.05) is 0 Å². The molecule has 0 aliphatic heterocycles. The second-order valence-corrected chi connectivity index (χ2v) is 10.7. The van der Waals surface area contributed by atoms with Gasteiger partial charge in [-0.2, -0.15) is 8.78 Å². The minimum atomic E-state index is -2.94. The van der Waals surface area contributed by atoms with Gasteiger partial charge in [0, 0.05) is 0 Å². The summed E-state index contributed by atoms with van der Waals surface area (Å²) < 4.78 is 59.2. The molecule has 0 amide bonds. The van der Waals surface area contributed by atoms with E-state index in [1.807, 2.05) is 0 Å². The lowest BCUT2D eigenvalue weighted by Gasteiger charge is -2.42. The summed E-state index contributed by atoms with van der Waals surface area (Å²) in [5, 5.41) is 0. The van der Waals surface area contributed by atoms with Crippen LogP contribution in [-0.2, 0) is 0 Å². The summed E-state index contributed by atoms with van der Waals surface area (Å²) >= 11 is 0. The molecule has 192 valence electrons. The van der Waals surface area contributed by atoms with Crippen molar-refractivity contribution in [1.29, 1.82) is 0 Å². The number of hydrogen-bond donors (Lipinski definition) is 0. The molecule has 2 aliphatic rings. The van der Waals surface area contributed by atoms with Gasteiger partial charge in [0.05, 0.1) is 5.56 Å². The van der Waals surface area contributed by atoms with Crippen LogP contribution in [0.4, 0.5) is 17.6 Å². The number of unbranched alkanes of at least 4 members (excludes halogenated alkanes) is 4. The maximum Gasteiger partial charge on any atom is 0.387 e. The lowest BCUT2D eigenvalue weighted by atomic mass is 9.63. The first-order valence-corrected chi connectivity index (χ1v) is 13.5. The molecule has 2 saturated carbocycles. The third-order valence-electron chi connectivity index (χ3n) is 8.34. The van der Waals surface area contributed by atoms with E-state index < -0.39 is 18.2 Å². The van der Waals surface area contributed by atoms with E-state index in [0.717, 1.165) is 36.7 Å². The Morgan fingerprint density at radius 1 is 0.829 bits per heavy atom. The summed E-state index contributed by atoms with van der Waals surface area (Å²) in [6, 6.07) is 8.39. The maximum absolute atomic E-state index is 15.1. The van der Waals surface area contributed by atoms with Gasteiger partial charge in [-0.25, -0.2) is 8.78 Å². The fraction of sp³-hybridized carbons (Fsp3) is 0.600. The van der Waals surface area contributed by atoms with Crippen LogP contribution in [0.2, 0.25) is 0 Å². The first-order chi connectivity index (χ1) is 16.9. The van der Waals surface area contributed by atoms with Crippen LogP contribution in [-0.4, -0.2) is 6.61 Å². The first-order valence-electron chi connectivity index (χ1n) is 13.5. The molecule has 0 heterocycles. The standard InChI is InChI=1S/C30H38F4O/c1-2-3-4-5-6-7-20-8-9-23-17-24(11-10-22(23)16-20)25-18-27(31)29(28(32)19-25)21-12-14-26(15-13-21)35-30(33)34/h12-15,18-20,22-24,30H,2-11,16-17H2,1H3/t20?,22-,23-,24-/m1/s1. The third-order valence-corrected chi connectivity index (χ3v) is 8.34. The van der Waals surface area contributed by atoms with Crippen LogP contribution in [0.1, 0.15) is 95.5 Å². The van der Waals surface area contributed by atoms with Crippen molar-refractivity contribution in [2.24, 2.45) is 17.8 Å². The molecule has 0 N–H and O–H groups in total. The monoisotopic (exact) mass is 490 g/mol. The van der Waals surface area contributed by atoms with E-state index in [2.05, 4.69) is 11.7 Å². The van der Waals surface area contributed by atoms with Crippen molar-refractivity contribution in [3.63, 3.8) is 0 Å². The van der Waals surface area contributed by atoms with E-state index >= 15 is 8.78 Å².